The first-order chi connectivity index (χ1) is 13.9. The Bertz CT molecular complexity index is 996. The number of aromatic nitrogens is 4. The van der Waals surface area contributed by atoms with Crippen LogP contribution in [0.1, 0.15) is 60.4 Å². The molecular formula is C22H26N4O3. The summed E-state index contributed by atoms with van der Waals surface area (Å²) < 4.78 is 12.7. The Hall–Kier alpha value is -3.22. The molecule has 0 bridgehead atoms. The first-order valence-corrected chi connectivity index (χ1v) is 9.78. The van der Waals surface area contributed by atoms with Crippen LogP contribution in [-0.4, -0.2) is 32.3 Å². The predicted molar refractivity (Wildman–Crippen MR) is 110 cm³/mol. The van der Waals surface area contributed by atoms with Crippen LogP contribution >= 0.6 is 0 Å². The van der Waals surface area contributed by atoms with Crippen LogP contribution in [0.5, 0.6) is 11.6 Å². The summed E-state index contributed by atoms with van der Waals surface area (Å²) in [6, 6.07) is 9.73. The minimum absolute atomic E-state index is 0.136. The van der Waals surface area contributed by atoms with Crippen LogP contribution in [0.15, 0.2) is 36.5 Å². The summed E-state index contributed by atoms with van der Waals surface area (Å²) in [5.41, 5.74) is 3.14. The number of carbonyl (C=O) groups is 1. The Balaban J connectivity index is 1.98. The van der Waals surface area contributed by atoms with Crippen LogP contribution in [0, 0.1) is 13.8 Å². The van der Waals surface area contributed by atoms with Crippen LogP contribution in [0.2, 0.25) is 0 Å². The molecule has 1 aromatic carbocycles. The van der Waals surface area contributed by atoms with Crippen molar-refractivity contribution in [3.05, 3.63) is 59.0 Å². The standard InChI is InChI=1S/C22H26N4O3/c1-6-14(3)17-8-10-18(11-9-17)29-20-19(21(27)28-7-2)13-23-22(24-20)26-16(5)12-15(4)25-26/h8-14H,6-7H2,1-5H3. The fraction of sp³-hybridized carbons (Fsp3) is 0.364. The van der Waals surface area contributed by atoms with Gasteiger partial charge in [0.05, 0.1) is 18.5 Å². The zero-order valence-corrected chi connectivity index (χ0v) is 17.5. The molecule has 1 atom stereocenters. The number of hydrogen-bond donors (Lipinski definition) is 0. The molecule has 152 valence electrons. The van der Waals surface area contributed by atoms with E-state index in [1.807, 2.05) is 44.2 Å². The van der Waals surface area contributed by atoms with Crippen LogP contribution < -0.4 is 4.74 Å². The molecule has 0 N–H and O–H groups in total. The normalized spacial score (nSPS) is 11.9. The number of nitrogens with zero attached hydrogens (tertiary/aromatic N) is 4. The molecular weight excluding hydrogens is 368 g/mol. The molecule has 0 aliphatic heterocycles. The molecule has 1 unspecified atom stereocenters. The zero-order chi connectivity index (χ0) is 21.0. The predicted octanol–water partition coefficient (Wildman–Crippen LogP) is 4.76. The van der Waals surface area contributed by atoms with Gasteiger partial charge < -0.3 is 9.47 Å². The van der Waals surface area contributed by atoms with E-state index in [2.05, 4.69) is 28.9 Å². The van der Waals surface area contributed by atoms with Crippen molar-refractivity contribution in [1.82, 2.24) is 19.7 Å². The van der Waals surface area contributed by atoms with Gasteiger partial charge in [0, 0.05) is 5.69 Å². The van der Waals surface area contributed by atoms with Gasteiger partial charge in [-0.25, -0.2) is 14.5 Å². The highest BCUT2D eigenvalue weighted by molar-refractivity contribution is 5.91. The van der Waals surface area contributed by atoms with Gasteiger partial charge in [0.1, 0.15) is 11.3 Å². The molecule has 2 aromatic heterocycles. The van der Waals surface area contributed by atoms with Crippen molar-refractivity contribution in [3.63, 3.8) is 0 Å². The van der Waals surface area contributed by atoms with Gasteiger partial charge in [0.2, 0.25) is 5.88 Å². The second-order valence-electron chi connectivity index (χ2n) is 6.93. The summed E-state index contributed by atoms with van der Waals surface area (Å²) in [4.78, 5) is 21.1. The number of rotatable bonds is 7. The number of hydrogen-bond acceptors (Lipinski definition) is 6. The second-order valence-corrected chi connectivity index (χ2v) is 6.93. The van der Waals surface area contributed by atoms with Crippen LogP contribution in [0.4, 0.5) is 0 Å². The fourth-order valence-corrected chi connectivity index (χ4v) is 2.93. The molecule has 2 heterocycles. The number of esters is 1. The smallest absolute Gasteiger partial charge is 0.345 e. The van der Waals surface area contributed by atoms with Gasteiger partial charge in [-0.05, 0) is 56.9 Å². The van der Waals surface area contributed by atoms with E-state index in [1.165, 1.54) is 11.8 Å². The Labute approximate surface area is 170 Å². The van der Waals surface area contributed by atoms with Gasteiger partial charge in [-0.1, -0.05) is 26.0 Å². The Morgan fingerprint density at radius 1 is 1.17 bits per heavy atom. The van der Waals surface area contributed by atoms with Gasteiger partial charge in [0.25, 0.3) is 5.95 Å². The summed E-state index contributed by atoms with van der Waals surface area (Å²) in [6.07, 6.45) is 2.48. The highest BCUT2D eigenvalue weighted by atomic mass is 16.5. The molecule has 0 radical (unpaired) electrons. The summed E-state index contributed by atoms with van der Waals surface area (Å²) in [6.45, 7) is 10.1. The van der Waals surface area contributed by atoms with E-state index in [1.54, 1.807) is 11.6 Å². The van der Waals surface area contributed by atoms with E-state index >= 15 is 0 Å². The fourth-order valence-electron chi connectivity index (χ4n) is 2.93. The van der Waals surface area contributed by atoms with E-state index in [-0.39, 0.29) is 18.1 Å². The van der Waals surface area contributed by atoms with Crippen molar-refractivity contribution in [1.29, 1.82) is 0 Å². The first kappa shape index (κ1) is 20.5. The lowest BCUT2D eigenvalue weighted by molar-refractivity contribution is 0.0522. The van der Waals surface area contributed by atoms with Crippen LogP contribution in [0.25, 0.3) is 5.95 Å². The molecule has 29 heavy (non-hydrogen) atoms. The molecule has 0 aliphatic rings. The summed E-state index contributed by atoms with van der Waals surface area (Å²) in [5, 5.41) is 4.40. The zero-order valence-electron chi connectivity index (χ0n) is 17.5. The number of carbonyl (C=O) groups excluding carboxylic acids is 1. The van der Waals surface area contributed by atoms with E-state index in [4.69, 9.17) is 9.47 Å². The first-order valence-electron chi connectivity index (χ1n) is 9.78. The Morgan fingerprint density at radius 3 is 2.48 bits per heavy atom. The molecule has 0 fully saturated rings. The average molecular weight is 394 g/mol. The lowest BCUT2D eigenvalue weighted by Crippen LogP contribution is -2.12. The molecule has 0 amide bonds. The van der Waals surface area contributed by atoms with Crippen molar-refractivity contribution >= 4 is 5.97 Å². The second kappa shape index (κ2) is 8.86. The molecule has 0 saturated heterocycles. The van der Waals surface area contributed by atoms with Crippen molar-refractivity contribution in [3.8, 4) is 17.6 Å². The van der Waals surface area contributed by atoms with E-state index in [0.29, 0.717) is 17.6 Å². The maximum atomic E-state index is 12.4. The molecule has 0 saturated carbocycles. The molecule has 0 spiro atoms. The minimum Gasteiger partial charge on any atom is -0.462 e. The van der Waals surface area contributed by atoms with Gasteiger partial charge in [-0.15, -0.1) is 0 Å². The van der Waals surface area contributed by atoms with Crippen molar-refractivity contribution < 1.29 is 14.3 Å². The monoisotopic (exact) mass is 394 g/mol. The highest BCUT2D eigenvalue weighted by Gasteiger charge is 2.20. The lowest BCUT2D eigenvalue weighted by Gasteiger charge is -2.13. The third kappa shape index (κ3) is 4.62. The van der Waals surface area contributed by atoms with Crippen LogP contribution in [0.3, 0.4) is 0 Å². The Morgan fingerprint density at radius 2 is 1.90 bits per heavy atom. The Kier molecular flexibility index (Phi) is 6.26. The summed E-state index contributed by atoms with van der Waals surface area (Å²) in [7, 11) is 0. The third-order valence-corrected chi connectivity index (χ3v) is 4.71. The maximum Gasteiger partial charge on any atom is 0.345 e. The molecule has 3 rings (SSSR count). The SMILES string of the molecule is CCOC(=O)c1cnc(-n2nc(C)cc2C)nc1Oc1ccc(C(C)CC)cc1. The van der Waals surface area contributed by atoms with E-state index < -0.39 is 5.97 Å². The molecule has 0 aliphatic carbocycles. The molecule has 7 heteroatoms. The van der Waals surface area contributed by atoms with Gasteiger partial charge in [0.15, 0.2) is 0 Å². The van der Waals surface area contributed by atoms with Crippen molar-refractivity contribution in [2.75, 3.05) is 6.61 Å². The number of ether oxygens (including phenoxy) is 2. The third-order valence-electron chi connectivity index (χ3n) is 4.71. The summed E-state index contributed by atoms with van der Waals surface area (Å²) in [5.74, 6) is 0.988. The van der Waals surface area contributed by atoms with Crippen molar-refractivity contribution in [2.45, 2.75) is 47.0 Å². The topological polar surface area (TPSA) is 79.1 Å². The highest BCUT2D eigenvalue weighted by Crippen LogP contribution is 2.27. The minimum atomic E-state index is -0.529. The maximum absolute atomic E-state index is 12.4. The van der Waals surface area contributed by atoms with E-state index in [0.717, 1.165) is 17.8 Å². The quantitative estimate of drug-likeness (QED) is 0.538. The summed E-state index contributed by atoms with van der Waals surface area (Å²) >= 11 is 0. The largest absolute Gasteiger partial charge is 0.462 e. The average Bonchev–Trinajstić information content (AvgIpc) is 3.06. The number of aryl methyl sites for hydroxylation is 2. The number of benzene rings is 1. The van der Waals surface area contributed by atoms with Gasteiger partial charge >= 0.3 is 5.97 Å². The molecule has 7 nitrogen and oxygen atoms in total. The van der Waals surface area contributed by atoms with Gasteiger partial charge in [-0.3, -0.25) is 0 Å². The van der Waals surface area contributed by atoms with Crippen molar-refractivity contribution in [2.24, 2.45) is 0 Å². The van der Waals surface area contributed by atoms with E-state index in [9.17, 15) is 4.79 Å². The van der Waals surface area contributed by atoms with Gasteiger partial charge in [-0.2, -0.15) is 10.1 Å². The van der Waals surface area contributed by atoms with Crippen LogP contribution in [-0.2, 0) is 4.74 Å². The lowest BCUT2D eigenvalue weighted by atomic mass is 9.99. The molecule has 3 aromatic rings.